The van der Waals surface area contributed by atoms with Gasteiger partial charge in [0, 0.05) is 25.4 Å². The third kappa shape index (κ3) is 4.88. The summed E-state index contributed by atoms with van der Waals surface area (Å²) in [6, 6.07) is 15.7. The number of rotatable bonds is 8. The average molecular weight is 433 g/mol. The van der Waals surface area contributed by atoms with Gasteiger partial charge in [-0.1, -0.05) is 36.4 Å². The van der Waals surface area contributed by atoms with E-state index in [-0.39, 0.29) is 5.92 Å². The Morgan fingerprint density at radius 1 is 1.06 bits per heavy atom. The number of benzene rings is 2. The lowest BCUT2D eigenvalue weighted by Crippen LogP contribution is -2.40. The lowest BCUT2D eigenvalue weighted by Gasteiger charge is -2.32. The zero-order valence-corrected chi connectivity index (χ0v) is 18.5. The number of anilines is 1. The summed E-state index contributed by atoms with van der Waals surface area (Å²) in [6.07, 6.45) is 4.76. The van der Waals surface area contributed by atoms with Crippen LogP contribution in [0, 0.1) is 5.92 Å². The van der Waals surface area contributed by atoms with Crippen LogP contribution >= 0.6 is 0 Å². The first kappa shape index (κ1) is 21.7. The third-order valence-corrected chi connectivity index (χ3v) is 5.89. The second kappa shape index (κ2) is 10.2. The van der Waals surface area contributed by atoms with Crippen molar-refractivity contribution in [3.05, 3.63) is 60.3 Å². The van der Waals surface area contributed by atoms with Crippen LogP contribution in [-0.4, -0.2) is 48.3 Å². The normalized spacial score (nSPS) is 15.9. The predicted molar refractivity (Wildman–Crippen MR) is 123 cm³/mol. The molecule has 3 aromatic rings. The third-order valence-electron chi connectivity index (χ3n) is 5.89. The van der Waals surface area contributed by atoms with Gasteiger partial charge in [-0.05, 0) is 37.0 Å². The monoisotopic (exact) mass is 432 g/mol. The molecule has 0 bridgehead atoms. The Bertz CT molecular complexity index is 1040. The van der Waals surface area contributed by atoms with E-state index in [9.17, 15) is 4.79 Å². The standard InChI is InChI=1S/C25H28N4O3/c1-31-22-11-6-12-23(32-2)24(22)20-16-26-28-25(27-20)29-15-7-10-19(17-29)21(30)14-13-18-8-4-3-5-9-18/h3-6,8-9,11-12,16,19H,7,10,13-15,17H2,1-2H3. The van der Waals surface area contributed by atoms with Crippen LogP contribution in [0.1, 0.15) is 24.8 Å². The molecule has 0 radical (unpaired) electrons. The zero-order valence-electron chi connectivity index (χ0n) is 18.5. The Balaban J connectivity index is 1.49. The van der Waals surface area contributed by atoms with E-state index in [2.05, 4.69) is 27.2 Å². The largest absolute Gasteiger partial charge is 0.496 e. The molecule has 32 heavy (non-hydrogen) atoms. The van der Waals surface area contributed by atoms with E-state index in [0.717, 1.165) is 31.4 Å². The molecule has 0 saturated carbocycles. The van der Waals surface area contributed by atoms with Crippen molar-refractivity contribution in [2.24, 2.45) is 5.92 Å². The van der Waals surface area contributed by atoms with Crippen molar-refractivity contribution in [3.63, 3.8) is 0 Å². The molecular weight excluding hydrogens is 404 g/mol. The predicted octanol–water partition coefficient (Wildman–Crippen LogP) is 3.97. The van der Waals surface area contributed by atoms with Gasteiger partial charge in [0.2, 0.25) is 5.95 Å². The summed E-state index contributed by atoms with van der Waals surface area (Å²) in [5.74, 6) is 2.12. The highest BCUT2D eigenvalue weighted by Gasteiger charge is 2.27. The number of piperidine rings is 1. The number of hydrogen-bond acceptors (Lipinski definition) is 7. The summed E-state index contributed by atoms with van der Waals surface area (Å²) >= 11 is 0. The van der Waals surface area contributed by atoms with Gasteiger partial charge in [-0.2, -0.15) is 5.10 Å². The van der Waals surface area contributed by atoms with Crippen LogP contribution in [0.25, 0.3) is 11.3 Å². The average Bonchev–Trinajstić information content (AvgIpc) is 2.87. The maximum absolute atomic E-state index is 12.9. The summed E-state index contributed by atoms with van der Waals surface area (Å²) in [4.78, 5) is 19.7. The van der Waals surface area contributed by atoms with Crippen LogP contribution < -0.4 is 14.4 Å². The van der Waals surface area contributed by atoms with Gasteiger partial charge in [0.25, 0.3) is 0 Å². The summed E-state index contributed by atoms with van der Waals surface area (Å²) < 4.78 is 11.0. The first-order chi connectivity index (χ1) is 15.7. The number of ether oxygens (including phenoxy) is 2. The highest BCUT2D eigenvalue weighted by atomic mass is 16.5. The molecule has 2 aromatic carbocycles. The van der Waals surface area contributed by atoms with Gasteiger partial charge in [-0.25, -0.2) is 4.98 Å². The Morgan fingerprint density at radius 3 is 2.53 bits per heavy atom. The Kier molecular flexibility index (Phi) is 6.94. The molecule has 1 aliphatic rings. The molecule has 0 amide bonds. The Morgan fingerprint density at radius 2 is 1.81 bits per heavy atom. The van der Waals surface area contributed by atoms with E-state index in [1.807, 2.05) is 36.4 Å². The van der Waals surface area contributed by atoms with Crippen molar-refractivity contribution in [2.45, 2.75) is 25.7 Å². The molecule has 1 aliphatic heterocycles. The number of ketones is 1. The molecule has 1 atom stereocenters. The molecule has 0 aliphatic carbocycles. The van der Waals surface area contributed by atoms with E-state index in [1.54, 1.807) is 20.4 Å². The van der Waals surface area contributed by atoms with Gasteiger partial charge >= 0.3 is 0 Å². The van der Waals surface area contributed by atoms with Gasteiger partial charge < -0.3 is 14.4 Å². The first-order valence-electron chi connectivity index (χ1n) is 10.9. The molecule has 1 saturated heterocycles. The smallest absolute Gasteiger partial charge is 0.245 e. The fourth-order valence-corrected chi connectivity index (χ4v) is 4.19. The molecule has 166 valence electrons. The van der Waals surface area contributed by atoms with Crippen LogP contribution in [0.15, 0.2) is 54.7 Å². The second-order valence-corrected chi connectivity index (χ2v) is 7.92. The van der Waals surface area contributed by atoms with Crippen molar-refractivity contribution in [1.82, 2.24) is 15.2 Å². The molecule has 4 rings (SSSR count). The molecule has 0 N–H and O–H groups in total. The minimum atomic E-state index is -0.0134. The molecule has 1 fully saturated rings. The maximum atomic E-state index is 12.9. The van der Waals surface area contributed by atoms with Crippen molar-refractivity contribution < 1.29 is 14.3 Å². The fourth-order valence-electron chi connectivity index (χ4n) is 4.19. The summed E-state index contributed by atoms with van der Waals surface area (Å²) in [7, 11) is 3.23. The van der Waals surface area contributed by atoms with Gasteiger partial charge in [-0.3, -0.25) is 4.79 Å². The number of nitrogens with zero attached hydrogens (tertiary/aromatic N) is 4. The summed E-state index contributed by atoms with van der Waals surface area (Å²) in [5, 5.41) is 8.44. The summed E-state index contributed by atoms with van der Waals surface area (Å²) in [6.45, 7) is 1.42. The minimum Gasteiger partial charge on any atom is -0.496 e. The SMILES string of the molecule is COc1cccc(OC)c1-c1cnnc(N2CCCC(C(=O)CCc3ccccc3)C2)n1. The number of carbonyl (C=O) groups excluding carboxylic acids is 1. The van der Waals surface area contributed by atoms with E-state index < -0.39 is 0 Å². The van der Waals surface area contributed by atoms with Crippen molar-refractivity contribution in [3.8, 4) is 22.8 Å². The highest BCUT2D eigenvalue weighted by Crippen LogP contribution is 2.37. The highest BCUT2D eigenvalue weighted by molar-refractivity contribution is 5.82. The number of Topliss-reactive ketones (excluding diaryl/α,β-unsaturated/α-hetero) is 1. The van der Waals surface area contributed by atoms with Gasteiger partial charge in [0.15, 0.2) is 0 Å². The number of hydrogen-bond donors (Lipinski definition) is 0. The second-order valence-electron chi connectivity index (χ2n) is 7.92. The Labute approximate surface area is 188 Å². The molecule has 1 aromatic heterocycles. The quantitative estimate of drug-likeness (QED) is 0.533. The van der Waals surface area contributed by atoms with Crippen molar-refractivity contribution >= 4 is 11.7 Å². The molecule has 1 unspecified atom stereocenters. The maximum Gasteiger partial charge on any atom is 0.245 e. The van der Waals surface area contributed by atoms with E-state index in [1.165, 1.54) is 5.56 Å². The molecular formula is C25H28N4O3. The molecule has 7 heteroatoms. The van der Waals surface area contributed by atoms with Crippen LogP contribution in [0.2, 0.25) is 0 Å². The number of carbonyl (C=O) groups is 1. The van der Waals surface area contributed by atoms with Crippen molar-refractivity contribution in [1.29, 1.82) is 0 Å². The molecule has 7 nitrogen and oxygen atoms in total. The number of aromatic nitrogens is 3. The lowest BCUT2D eigenvalue weighted by atomic mass is 9.91. The van der Waals surface area contributed by atoms with Crippen LogP contribution in [-0.2, 0) is 11.2 Å². The van der Waals surface area contributed by atoms with E-state index in [0.29, 0.717) is 41.9 Å². The van der Waals surface area contributed by atoms with Crippen LogP contribution in [0.3, 0.4) is 0 Å². The van der Waals surface area contributed by atoms with E-state index >= 15 is 0 Å². The summed E-state index contributed by atoms with van der Waals surface area (Å²) in [5.41, 5.74) is 2.56. The lowest BCUT2D eigenvalue weighted by molar-refractivity contribution is -0.123. The van der Waals surface area contributed by atoms with Crippen LogP contribution in [0.5, 0.6) is 11.5 Å². The topological polar surface area (TPSA) is 77.4 Å². The van der Waals surface area contributed by atoms with Gasteiger partial charge in [0.1, 0.15) is 23.0 Å². The zero-order chi connectivity index (χ0) is 22.3. The Hall–Kier alpha value is -3.48. The number of aryl methyl sites for hydroxylation is 1. The van der Waals surface area contributed by atoms with Gasteiger partial charge in [-0.15, -0.1) is 5.10 Å². The van der Waals surface area contributed by atoms with E-state index in [4.69, 9.17) is 14.5 Å². The fraction of sp³-hybridized carbons (Fsp3) is 0.360. The van der Waals surface area contributed by atoms with Crippen LogP contribution in [0.4, 0.5) is 5.95 Å². The molecule has 2 heterocycles. The number of methoxy groups -OCH3 is 2. The van der Waals surface area contributed by atoms with Gasteiger partial charge in [0.05, 0.1) is 26.0 Å². The molecule has 0 spiro atoms. The minimum absolute atomic E-state index is 0.0134. The van der Waals surface area contributed by atoms with Crippen molar-refractivity contribution in [2.75, 3.05) is 32.2 Å². The first-order valence-corrected chi connectivity index (χ1v) is 10.9.